The summed E-state index contributed by atoms with van der Waals surface area (Å²) in [6, 6.07) is 3.77. The summed E-state index contributed by atoms with van der Waals surface area (Å²) in [6.45, 7) is 2.77. The van der Waals surface area contributed by atoms with Crippen molar-refractivity contribution in [1.82, 2.24) is 24.8 Å². The molecule has 1 amide bonds. The largest absolute Gasteiger partial charge is 0.368 e. The van der Waals surface area contributed by atoms with Crippen LogP contribution < -0.4 is 11.5 Å². The molecule has 0 unspecified atom stereocenters. The number of benzene rings is 1. The van der Waals surface area contributed by atoms with E-state index < -0.39 is 5.82 Å². The van der Waals surface area contributed by atoms with Crippen molar-refractivity contribution in [3.05, 3.63) is 40.4 Å². The lowest BCUT2D eigenvalue weighted by Gasteiger charge is -2.34. The summed E-state index contributed by atoms with van der Waals surface area (Å²) < 4.78 is 13.1. The zero-order valence-corrected chi connectivity index (χ0v) is 14.1. The first-order valence-corrected chi connectivity index (χ1v) is 8.03. The highest BCUT2D eigenvalue weighted by Gasteiger charge is 2.24. The predicted molar refractivity (Wildman–Crippen MR) is 91.2 cm³/mol. The molecule has 2 heterocycles. The first-order valence-electron chi connectivity index (χ1n) is 7.65. The van der Waals surface area contributed by atoms with Gasteiger partial charge >= 0.3 is 0 Å². The third kappa shape index (κ3) is 4.12. The van der Waals surface area contributed by atoms with Crippen LogP contribution in [0.2, 0.25) is 5.02 Å². The molecule has 4 N–H and O–H groups in total. The Morgan fingerprint density at radius 3 is 2.36 bits per heavy atom. The highest BCUT2D eigenvalue weighted by Crippen LogP contribution is 2.20. The van der Waals surface area contributed by atoms with Gasteiger partial charge in [-0.3, -0.25) is 9.69 Å². The molecule has 25 heavy (non-hydrogen) atoms. The van der Waals surface area contributed by atoms with Crippen LogP contribution in [0.15, 0.2) is 18.2 Å². The van der Waals surface area contributed by atoms with Crippen LogP contribution in [-0.2, 0) is 6.54 Å². The Hall–Kier alpha value is -2.52. The molecule has 0 bridgehead atoms. The molecule has 0 atom stereocenters. The first kappa shape index (κ1) is 17.3. The molecule has 0 aliphatic carbocycles. The highest BCUT2D eigenvalue weighted by molar-refractivity contribution is 6.33. The zero-order chi connectivity index (χ0) is 18.0. The maximum absolute atomic E-state index is 13.1. The molecule has 0 radical (unpaired) electrons. The van der Waals surface area contributed by atoms with Gasteiger partial charge in [0.05, 0.1) is 17.1 Å². The van der Waals surface area contributed by atoms with Gasteiger partial charge in [-0.25, -0.2) is 4.39 Å². The van der Waals surface area contributed by atoms with E-state index >= 15 is 0 Å². The van der Waals surface area contributed by atoms with Gasteiger partial charge in [-0.2, -0.15) is 15.0 Å². The minimum absolute atomic E-state index is 0.0854. The fourth-order valence-corrected chi connectivity index (χ4v) is 2.92. The molecule has 1 aliphatic heterocycles. The number of hydrogen-bond donors (Lipinski definition) is 2. The minimum Gasteiger partial charge on any atom is -0.368 e. The van der Waals surface area contributed by atoms with Crippen molar-refractivity contribution in [3.63, 3.8) is 0 Å². The maximum atomic E-state index is 13.1. The Labute approximate surface area is 148 Å². The van der Waals surface area contributed by atoms with Gasteiger partial charge in [-0.15, -0.1) is 0 Å². The van der Waals surface area contributed by atoms with E-state index in [1.807, 2.05) is 0 Å². The van der Waals surface area contributed by atoms with Crippen LogP contribution in [-0.4, -0.2) is 56.8 Å². The summed E-state index contributed by atoms with van der Waals surface area (Å²) in [6.07, 6.45) is 0. The van der Waals surface area contributed by atoms with E-state index in [1.54, 1.807) is 4.90 Å². The van der Waals surface area contributed by atoms with Crippen molar-refractivity contribution in [2.75, 3.05) is 37.6 Å². The fourth-order valence-electron chi connectivity index (χ4n) is 2.67. The Kier molecular flexibility index (Phi) is 4.95. The van der Waals surface area contributed by atoms with Gasteiger partial charge in [0.25, 0.3) is 5.91 Å². The number of rotatable bonds is 3. The number of nitrogen functional groups attached to an aromatic ring is 2. The second-order valence-electron chi connectivity index (χ2n) is 5.66. The second kappa shape index (κ2) is 7.16. The van der Waals surface area contributed by atoms with E-state index in [4.69, 9.17) is 23.1 Å². The second-order valence-corrected chi connectivity index (χ2v) is 6.07. The number of anilines is 2. The molecule has 132 valence electrons. The Bertz CT molecular complexity index is 775. The van der Waals surface area contributed by atoms with Gasteiger partial charge in [-0.1, -0.05) is 11.6 Å². The van der Waals surface area contributed by atoms with Crippen molar-refractivity contribution in [1.29, 1.82) is 0 Å². The van der Waals surface area contributed by atoms with Crippen LogP contribution in [0, 0.1) is 5.82 Å². The molecule has 2 aromatic rings. The van der Waals surface area contributed by atoms with Crippen molar-refractivity contribution >= 4 is 29.4 Å². The number of carbonyl (C=O) groups is 1. The van der Waals surface area contributed by atoms with Gasteiger partial charge in [0, 0.05) is 26.2 Å². The van der Waals surface area contributed by atoms with Crippen LogP contribution in [0.4, 0.5) is 16.3 Å². The molecule has 10 heteroatoms. The summed E-state index contributed by atoms with van der Waals surface area (Å²) in [5, 5.41) is 0.114. The Morgan fingerprint density at radius 1 is 1.12 bits per heavy atom. The van der Waals surface area contributed by atoms with Gasteiger partial charge in [-0.05, 0) is 18.2 Å². The fraction of sp³-hybridized carbons (Fsp3) is 0.333. The smallest absolute Gasteiger partial charge is 0.255 e. The topological polar surface area (TPSA) is 114 Å². The Morgan fingerprint density at radius 2 is 1.76 bits per heavy atom. The average molecular weight is 366 g/mol. The predicted octanol–water partition coefficient (Wildman–Crippen LogP) is 0.787. The van der Waals surface area contributed by atoms with E-state index in [9.17, 15) is 9.18 Å². The van der Waals surface area contributed by atoms with Gasteiger partial charge < -0.3 is 16.4 Å². The molecular formula is C15H17ClFN7O. The number of amides is 1. The number of nitrogens with zero attached hydrogens (tertiary/aromatic N) is 5. The lowest BCUT2D eigenvalue weighted by atomic mass is 10.1. The SMILES string of the molecule is Nc1nc(N)nc(CN2CCN(C(=O)c3ccc(F)cc3Cl)CC2)n1. The standard InChI is InChI=1S/C15H17ClFN7O/c16-11-7-9(17)1-2-10(11)13(25)24-5-3-23(4-6-24)8-12-20-14(18)22-15(19)21-12/h1-2,7H,3-6,8H2,(H4,18,19,20,21,22). The van der Waals surface area contributed by atoms with E-state index in [-0.39, 0.29) is 22.8 Å². The molecule has 1 fully saturated rings. The van der Waals surface area contributed by atoms with E-state index in [2.05, 4.69) is 19.9 Å². The number of aromatic nitrogens is 3. The van der Waals surface area contributed by atoms with Crippen molar-refractivity contribution in [3.8, 4) is 0 Å². The lowest BCUT2D eigenvalue weighted by Crippen LogP contribution is -2.48. The molecule has 1 aromatic carbocycles. The van der Waals surface area contributed by atoms with Crippen molar-refractivity contribution < 1.29 is 9.18 Å². The number of carbonyl (C=O) groups excluding carboxylic acids is 1. The molecule has 0 spiro atoms. The third-order valence-electron chi connectivity index (χ3n) is 3.90. The quantitative estimate of drug-likeness (QED) is 0.826. The van der Waals surface area contributed by atoms with Crippen molar-refractivity contribution in [2.24, 2.45) is 0 Å². The zero-order valence-electron chi connectivity index (χ0n) is 13.3. The van der Waals surface area contributed by atoms with Crippen LogP contribution >= 0.6 is 11.6 Å². The number of halogens is 2. The summed E-state index contributed by atoms with van der Waals surface area (Å²) in [7, 11) is 0. The van der Waals surface area contributed by atoms with Gasteiger partial charge in [0.1, 0.15) is 11.6 Å². The first-order chi connectivity index (χ1) is 11.9. The van der Waals surface area contributed by atoms with Crippen LogP contribution in [0.3, 0.4) is 0 Å². The van der Waals surface area contributed by atoms with Crippen LogP contribution in [0.25, 0.3) is 0 Å². The molecule has 1 aromatic heterocycles. The molecule has 1 saturated heterocycles. The average Bonchev–Trinajstić information content (AvgIpc) is 2.54. The van der Waals surface area contributed by atoms with Gasteiger partial charge in [0.2, 0.25) is 11.9 Å². The van der Waals surface area contributed by atoms with E-state index in [1.165, 1.54) is 12.1 Å². The molecule has 8 nitrogen and oxygen atoms in total. The van der Waals surface area contributed by atoms with E-state index in [0.29, 0.717) is 44.1 Å². The molecule has 1 aliphatic rings. The number of piperazine rings is 1. The highest BCUT2D eigenvalue weighted by atomic mass is 35.5. The summed E-state index contributed by atoms with van der Waals surface area (Å²) in [5.74, 6) is -0.0172. The Balaban J connectivity index is 1.60. The summed E-state index contributed by atoms with van der Waals surface area (Å²) >= 11 is 5.97. The normalized spacial score (nSPS) is 15.4. The van der Waals surface area contributed by atoms with Crippen LogP contribution in [0.1, 0.15) is 16.2 Å². The summed E-state index contributed by atoms with van der Waals surface area (Å²) in [5.41, 5.74) is 11.4. The number of nitrogens with two attached hydrogens (primary N) is 2. The molecule has 3 rings (SSSR count). The van der Waals surface area contributed by atoms with Crippen LogP contribution in [0.5, 0.6) is 0 Å². The maximum Gasteiger partial charge on any atom is 0.255 e. The van der Waals surface area contributed by atoms with E-state index in [0.717, 1.165) is 6.07 Å². The lowest BCUT2D eigenvalue weighted by molar-refractivity contribution is 0.0625. The molecule has 0 saturated carbocycles. The number of hydrogen-bond acceptors (Lipinski definition) is 7. The van der Waals surface area contributed by atoms with Gasteiger partial charge in [0.15, 0.2) is 0 Å². The third-order valence-corrected chi connectivity index (χ3v) is 4.22. The monoisotopic (exact) mass is 365 g/mol. The van der Waals surface area contributed by atoms with Crippen molar-refractivity contribution in [2.45, 2.75) is 6.54 Å². The minimum atomic E-state index is -0.470. The summed E-state index contributed by atoms with van der Waals surface area (Å²) in [4.78, 5) is 28.1. The molecular weight excluding hydrogens is 349 g/mol.